The predicted octanol–water partition coefficient (Wildman–Crippen LogP) is 4.12. The lowest BCUT2D eigenvalue weighted by atomic mass is 9.91. The number of benzene rings is 1. The summed E-state index contributed by atoms with van der Waals surface area (Å²) in [5, 5.41) is 17.5. The Morgan fingerprint density at radius 2 is 1.91 bits per heavy atom. The van der Waals surface area contributed by atoms with Crippen molar-refractivity contribution in [2.45, 2.75) is 46.3 Å². The molecule has 0 aliphatic rings. The Kier molecular flexibility index (Phi) is 5.42. The highest BCUT2D eigenvalue weighted by Crippen LogP contribution is 2.31. The Balaban J connectivity index is 2.26. The Morgan fingerprint density at radius 3 is 2.48 bits per heavy atom. The number of para-hydroxylation sites is 1. The first-order valence-corrected chi connectivity index (χ1v) is 8.03. The third-order valence-electron chi connectivity index (χ3n) is 4.08. The van der Waals surface area contributed by atoms with Crippen LogP contribution in [-0.4, -0.2) is 14.9 Å². The Bertz CT molecular complexity index is 666. The van der Waals surface area contributed by atoms with Crippen LogP contribution in [0.1, 0.15) is 56.2 Å². The number of rotatable bonds is 6. The molecule has 0 bridgehead atoms. The molecule has 4 nitrogen and oxygen atoms in total. The zero-order chi connectivity index (χ0) is 17.1. The molecule has 1 heterocycles. The zero-order valence-electron chi connectivity index (χ0n) is 14.5. The Labute approximate surface area is 137 Å². The van der Waals surface area contributed by atoms with E-state index < -0.39 is 12.2 Å². The summed E-state index contributed by atoms with van der Waals surface area (Å²) in [6.45, 7) is 8.24. The molecule has 5 heteroatoms. The van der Waals surface area contributed by atoms with Crippen LogP contribution in [0.5, 0.6) is 0 Å². The van der Waals surface area contributed by atoms with Gasteiger partial charge in [-0.1, -0.05) is 39.0 Å². The average Bonchev–Trinajstić information content (AvgIpc) is 2.71. The fourth-order valence-electron chi connectivity index (χ4n) is 3.07. The summed E-state index contributed by atoms with van der Waals surface area (Å²) in [6, 6.07) is 7.86. The van der Waals surface area contributed by atoms with Gasteiger partial charge in [0.05, 0.1) is 11.3 Å². The maximum Gasteiger partial charge on any atom is 0.219 e. The lowest BCUT2D eigenvalue weighted by molar-refractivity contribution is 0.201. The van der Waals surface area contributed by atoms with Crippen molar-refractivity contribution in [3.8, 4) is 0 Å². The lowest BCUT2D eigenvalue weighted by Crippen LogP contribution is -2.14. The quantitative estimate of drug-likeness (QED) is 0.787. The van der Waals surface area contributed by atoms with Gasteiger partial charge in [0.25, 0.3) is 0 Å². The minimum absolute atomic E-state index is 0.193. The van der Waals surface area contributed by atoms with Gasteiger partial charge in [0.15, 0.2) is 6.23 Å². The first-order valence-electron chi connectivity index (χ1n) is 8.03. The highest BCUT2D eigenvalue weighted by atomic mass is 19.1. The molecule has 2 N–H and O–H groups in total. The minimum Gasteiger partial charge on any atom is -0.369 e. The van der Waals surface area contributed by atoms with Gasteiger partial charge in [-0.05, 0) is 36.8 Å². The third-order valence-corrected chi connectivity index (χ3v) is 4.08. The lowest BCUT2D eigenvalue weighted by Gasteiger charge is -2.21. The van der Waals surface area contributed by atoms with E-state index in [1.54, 1.807) is 6.92 Å². The molecule has 0 spiro atoms. The summed E-state index contributed by atoms with van der Waals surface area (Å²) >= 11 is 0. The summed E-state index contributed by atoms with van der Waals surface area (Å²) in [6.07, 6.45) is -0.0779. The van der Waals surface area contributed by atoms with E-state index in [1.165, 1.54) is 7.05 Å². The highest BCUT2D eigenvalue weighted by molar-refractivity contribution is 5.54. The molecule has 23 heavy (non-hydrogen) atoms. The topological polar surface area (TPSA) is 50.1 Å². The fraction of sp³-hybridized carbons (Fsp3) is 0.500. The summed E-state index contributed by atoms with van der Waals surface area (Å²) < 4.78 is 15.2. The van der Waals surface area contributed by atoms with Crippen molar-refractivity contribution in [3.05, 3.63) is 47.0 Å². The van der Waals surface area contributed by atoms with E-state index in [4.69, 9.17) is 0 Å². The molecule has 1 aromatic carbocycles. The summed E-state index contributed by atoms with van der Waals surface area (Å²) in [4.78, 5) is 0. The van der Waals surface area contributed by atoms with Gasteiger partial charge >= 0.3 is 0 Å². The molecule has 0 amide bonds. The number of halogens is 1. The van der Waals surface area contributed by atoms with E-state index in [2.05, 4.69) is 37.3 Å². The van der Waals surface area contributed by atoms with Gasteiger partial charge < -0.3 is 10.4 Å². The number of nitrogens with zero attached hydrogens (tertiary/aromatic N) is 2. The van der Waals surface area contributed by atoms with E-state index in [-0.39, 0.29) is 5.56 Å². The predicted molar refractivity (Wildman–Crippen MR) is 90.8 cm³/mol. The van der Waals surface area contributed by atoms with E-state index in [0.29, 0.717) is 17.5 Å². The third kappa shape index (κ3) is 3.91. The standard InChI is InChI=1S/C18H26FN3O/c1-11(2)10-12(3)14-8-6-7-9-15(14)20-18(23)16-13(4)21-22(5)17(16)19/h6-9,11-12,18,20,23H,10H2,1-5H3. The normalized spacial score (nSPS) is 14.1. The largest absolute Gasteiger partial charge is 0.369 e. The van der Waals surface area contributed by atoms with Crippen molar-refractivity contribution in [2.24, 2.45) is 13.0 Å². The second-order valence-corrected chi connectivity index (χ2v) is 6.58. The van der Waals surface area contributed by atoms with Gasteiger partial charge in [-0.25, -0.2) is 4.68 Å². The van der Waals surface area contributed by atoms with Gasteiger partial charge in [-0.2, -0.15) is 9.49 Å². The number of hydrogen-bond acceptors (Lipinski definition) is 3. The average molecular weight is 319 g/mol. The van der Waals surface area contributed by atoms with Gasteiger partial charge in [-0.3, -0.25) is 0 Å². The van der Waals surface area contributed by atoms with Crippen molar-refractivity contribution in [1.29, 1.82) is 0 Å². The van der Waals surface area contributed by atoms with Crippen LogP contribution in [0.2, 0.25) is 0 Å². The van der Waals surface area contributed by atoms with Crippen LogP contribution in [0.4, 0.5) is 10.1 Å². The minimum atomic E-state index is -1.13. The molecule has 0 saturated carbocycles. The van der Waals surface area contributed by atoms with Crippen molar-refractivity contribution >= 4 is 5.69 Å². The molecule has 0 aliphatic carbocycles. The number of aromatic nitrogens is 2. The first-order chi connectivity index (χ1) is 10.8. The monoisotopic (exact) mass is 319 g/mol. The van der Waals surface area contributed by atoms with Crippen molar-refractivity contribution in [1.82, 2.24) is 9.78 Å². The Hall–Kier alpha value is -1.88. The molecule has 0 saturated heterocycles. The molecule has 2 atom stereocenters. The number of aryl methyl sites for hydroxylation is 2. The zero-order valence-corrected chi connectivity index (χ0v) is 14.5. The maximum absolute atomic E-state index is 14.1. The van der Waals surface area contributed by atoms with Crippen molar-refractivity contribution < 1.29 is 9.50 Å². The number of aliphatic hydroxyl groups excluding tert-OH is 1. The van der Waals surface area contributed by atoms with Gasteiger partial charge in [0, 0.05) is 12.7 Å². The molecule has 2 aromatic rings. The molecule has 2 rings (SSSR count). The maximum atomic E-state index is 14.1. The highest BCUT2D eigenvalue weighted by Gasteiger charge is 2.22. The molecular weight excluding hydrogens is 293 g/mol. The van der Waals surface area contributed by atoms with E-state index >= 15 is 0 Å². The summed E-state index contributed by atoms with van der Waals surface area (Å²) in [5.41, 5.74) is 2.63. The van der Waals surface area contributed by atoms with Crippen LogP contribution >= 0.6 is 0 Å². The molecule has 126 valence electrons. The van der Waals surface area contributed by atoms with Gasteiger partial charge in [-0.15, -0.1) is 0 Å². The van der Waals surface area contributed by atoms with Crippen molar-refractivity contribution in [3.63, 3.8) is 0 Å². The number of aliphatic hydroxyl groups is 1. The van der Waals surface area contributed by atoms with E-state index in [0.717, 1.165) is 22.4 Å². The second kappa shape index (κ2) is 7.13. The summed E-state index contributed by atoms with van der Waals surface area (Å²) in [5.74, 6) is 0.418. The number of nitrogens with one attached hydrogen (secondary N) is 1. The second-order valence-electron chi connectivity index (χ2n) is 6.58. The Morgan fingerprint density at radius 1 is 1.26 bits per heavy atom. The van der Waals surface area contributed by atoms with Crippen LogP contribution in [0.3, 0.4) is 0 Å². The molecule has 0 fully saturated rings. The van der Waals surface area contributed by atoms with Crippen LogP contribution in [0, 0.1) is 18.8 Å². The molecule has 1 aromatic heterocycles. The van der Waals surface area contributed by atoms with Crippen LogP contribution < -0.4 is 5.32 Å². The van der Waals surface area contributed by atoms with E-state index in [1.807, 2.05) is 18.2 Å². The number of hydrogen-bond donors (Lipinski definition) is 2. The van der Waals surface area contributed by atoms with Gasteiger partial charge in [0.2, 0.25) is 5.95 Å². The van der Waals surface area contributed by atoms with E-state index in [9.17, 15) is 9.50 Å². The molecule has 2 unspecified atom stereocenters. The van der Waals surface area contributed by atoms with Crippen LogP contribution in [-0.2, 0) is 7.05 Å². The fourth-order valence-corrected chi connectivity index (χ4v) is 3.07. The molecular formula is C18H26FN3O. The SMILES string of the molecule is Cc1nn(C)c(F)c1C(O)Nc1ccccc1C(C)CC(C)C. The van der Waals surface area contributed by atoms with Gasteiger partial charge in [0.1, 0.15) is 0 Å². The number of anilines is 1. The smallest absolute Gasteiger partial charge is 0.219 e. The van der Waals surface area contributed by atoms with Crippen molar-refractivity contribution in [2.75, 3.05) is 5.32 Å². The van der Waals surface area contributed by atoms with Crippen LogP contribution in [0.15, 0.2) is 24.3 Å². The van der Waals surface area contributed by atoms with Crippen LogP contribution in [0.25, 0.3) is 0 Å². The molecule has 0 radical (unpaired) electrons. The first kappa shape index (κ1) is 17.5. The molecule has 0 aliphatic heterocycles. The summed E-state index contributed by atoms with van der Waals surface area (Å²) in [7, 11) is 1.53.